The predicted molar refractivity (Wildman–Crippen MR) is 119 cm³/mol. The zero-order chi connectivity index (χ0) is 19.7. The Kier molecular flexibility index (Phi) is 5.43. The summed E-state index contributed by atoms with van der Waals surface area (Å²) in [6.07, 6.45) is 3.81. The molecule has 2 nitrogen and oxygen atoms in total. The number of aryl methyl sites for hydroxylation is 3. The highest BCUT2D eigenvalue weighted by Crippen LogP contribution is 2.30. The predicted octanol–water partition coefficient (Wildman–Crippen LogP) is 6.79. The molecule has 0 aliphatic rings. The van der Waals surface area contributed by atoms with Crippen LogP contribution in [-0.4, -0.2) is 9.55 Å². The zero-order valence-corrected chi connectivity index (χ0v) is 17.6. The second kappa shape index (κ2) is 7.98. The van der Waals surface area contributed by atoms with Crippen molar-refractivity contribution in [3.8, 4) is 0 Å². The number of hydrogen-bond acceptors (Lipinski definition) is 1. The lowest BCUT2D eigenvalue weighted by atomic mass is 10.1. The summed E-state index contributed by atoms with van der Waals surface area (Å²) in [4.78, 5) is 4.74. The first kappa shape index (κ1) is 19.0. The molecule has 0 unspecified atom stereocenters. The standard InChI is InChI=1S/C24H22Cl2N2/c1-16-17(2)28(15-19-8-10-21(25)22(26)14-19)24-20(16)12-13-27-23(24)11-9-18-6-4-3-5-7-18/h3-8,10,12-14H,9,11,15H2,1-2H3. The minimum absolute atomic E-state index is 0.584. The summed E-state index contributed by atoms with van der Waals surface area (Å²) >= 11 is 12.3. The van der Waals surface area contributed by atoms with Gasteiger partial charge in [-0.1, -0.05) is 59.6 Å². The normalized spacial score (nSPS) is 11.3. The molecule has 0 aliphatic heterocycles. The van der Waals surface area contributed by atoms with Crippen LogP contribution in [-0.2, 0) is 19.4 Å². The minimum atomic E-state index is 0.584. The van der Waals surface area contributed by atoms with Gasteiger partial charge in [0.15, 0.2) is 0 Å². The van der Waals surface area contributed by atoms with Crippen LogP contribution in [0, 0.1) is 13.8 Å². The third kappa shape index (κ3) is 3.67. The summed E-state index contributed by atoms with van der Waals surface area (Å²) in [6, 6.07) is 18.5. The SMILES string of the molecule is Cc1c(C)n(Cc2ccc(Cl)c(Cl)c2)c2c(CCc3ccccc3)nccc12. The van der Waals surface area contributed by atoms with Crippen molar-refractivity contribution in [3.63, 3.8) is 0 Å². The Morgan fingerprint density at radius 3 is 2.39 bits per heavy atom. The van der Waals surface area contributed by atoms with Gasteiger partial charge in [-0.2, -0.15) is 0 Å². The smallest absolute Gasteiger partial charge is 0.0707 e. The van der Waals surface area contributed by atoms with E-state index in [2.05, 4.69) is 54.8 Å². The van der Waals surface area contributed by atoms with E-state index in [0.29, 0.717) is 10.0 Å². The molecule has 2 aromatic heterocycles. The Labute approximate surface area is 175 Å². The Hall–Kier alpha value is -2.29. The molecular weight excluding hydrogens is 387 g/mol. The first-order chi connectivity index (χ1) is 13.5. The molecule has 2 aromatic carbocycles. The van der Waals surface area contributed by atoms with Crippen LogP contribution in [0.4, 0.5) is 0 Å². The fourth-order valence-corrected chi connectivity index (χ4v) is 4.10. The largest absolute Gasteiger partial charge is 0.339 e. The fraction of sp³-hybridized carbons (Fsp3) is 0.208. The van der Waals surface area contributed by atoms with Crippen molar-refractivity contribution in [2.75, 3.05) is 0 Å². The molecule has 4 aromatic rings. The van der Waals surface area contributed by atoms with Gasteiger partial charge in [-0.25, -0.2) is 0 Å². The molecule has 0 aliphatic carbocycles. The van der Waals surface area contributed by atoms with E-state index in [9.17, 15) is 0 Å². The first-order valence-electron chi connectivity index (χ1n) is 9.45. The van der Waals surface area contributed by atoms with Crippen molar-refractivity contribution in [2.24, 2.45) is 0 Å². The summed E-state index contributed by atoms with van der Waals surface area (Å²) in [5, 5.41) is 2.45. The molecule has 0 radical (unpaired) electrons. The lowest BCUT2D eigenvalue weighted by Gasteiger charge is -2.12. The topological polar surface area (TPSA) is 17.8 Å². The van der Waals surface area contributed by atoms with Gasteiger partial charge in [-0.05, 0) is 61.6 Å². The summed E-state index contributed by atoms with van der Waals surface area (Å²) in [6.45, 7) is 5.11. The second-order valence-corrected chi connectivity index (χ2v) is 8.00. The van der Waals surface area contributed by atoms with Gasteiger partial charge in [0.05, 0.1) is 21.3 Å². The van der Waals surface area contributed by atoms with Crippen molar-refractivity contribution in [2.45, 2.75) is 33.2 Å². The molecular formula is C24H22Cl2N2. The van der Waals surface area contributed by atoms with Crippen LogP contribution < -0.4 is 0 Å². The summed E-state index contributed by atoms with van der Waals surface area (Å²) in [5.41, 5.74) is 7.38. The van der Waals surface area contributed by atoms with Gasteiger partial charge >= 0.3 is 0 Å². The molecule has 0 N–H and O–H groups in total. The van der Waals surface area contributed by atoms with Crippen molar-refractivity contribution in [3.05, 3.63) is 98.9 Å². The van der Waals surface area contributed by atoms with Crippen LogP contribution in [0.25, 0.3) is 10.9 Å². The number of halogens is 2. The molecule has 2 heterocycles. The number of rotatable bonds is 5. The van der Waals surface area contributed by atoms with Gasteiger partial charge in [-0.3, -0.25) is 4.98 Å². The van der Waals surface area contributed by atoms with Crippen molar-refractivity contribution in [1.29, 1.82) is 0 Å². The van der Waals surface area contributed by atoms with Gasteiger partial charge < -0.3 is 4.57 Å². The van der Waals surface area contributed by atoms with Gasteiger partial charge in [-0.15, -0.1) is 0 Å². The molecule has 0 fully saturated rings. The third-order valence-corrected chi connectivity index (χ3v) is 6.18. The van der Waals surface area contributed by atoms with Crippen LogP contribution in [0.1, 0.15) is 28.1 Å². The number of fused-ring (bicyclic) bond motifs is 1. The Morgan fingerprint density at radius 1 is 0.857 bits per heavy atom. The van der Waals surface area contributed by atoms with E-state index >= 15 is 0 Å². The van der Waals surface area contributed by atoms with Crippen LogP contribution >= 0.6 is 23.2 Å². The molecule has 4 rings (SSSR count). The van der Waals surface area contributed by atoms with Crippen LogP contribution in [0.15, 0.2) is 60.8 Å². The lowest BCUT2D eigenvalue weighted by Crippen LogP contribution is -2.05. The van der Waals surface area contributed by atoms with Crippen molar-refractivity contribution >= 4 is 34.1 Å². The maximum atomic E-state index is 6.24. The molecule has 142 valence electrons. The van der Waals surface area contributed by atoms with Crippen molar-refractivity contribution in [1.82, 2.24) is 9.55 Å². The highest BCUT2D eigenvalue weighted by Gasteiger charge is 2.16. The number of pyridine rings is 1. The van der Waals surface area contributed by atoms with E-state index in [1.54, 1.807) is 0 Å². The van der Waals surface area contributed by atoms with E-state index in [4.69, 9.17) is 28.2 Å². The Balaban J connectivity index is 1.75. The van der Waals surface area contributed by atoms with Gasteiger partial charge in [0.25, 0.3) is 0 Å². The van der Waals surface area contributed by atoms with Crippen LogP contribution in [0.5, 0.6) is 0 Å². The van der Waals surface area contributed by atoms with E-state index < -0.39 is 0 Å². The van der Waals surface area contributed by atoms with E-state index in [1.807, 2.05) is 24.4 Å². The summed E-state index contributed by atoms with van der Waals surface area (Å²) in [5.74, 6) is 0. The first-order valence-corrected chi connectivity index (χ1v) is 10.2. The Morgan fingerprint density at radius 2 is 1.64 bits per heavy atom. The highest BCUT2D eigenvalue weighted by atomic mass is 35.5. The molecule has 28 heavy (non-hydrogen) atoms. The van der Waals surface area contributed by atoms with E-state index in [-0.39, 0.29) is 0 Å². The van der Waals surface area contributed by atoms with Gasteiger partial charge in [0, 0.05) is 23.8 Å². The molecule has 0 bridgehead atoms. The summed E-state index contributed by atoms with van der Waals surface area (Å²) < 4.78 is 2.36. The third-order valence-electron chi connectivity index (χ3n) is 5.44. The molecule has 0 saturated heterocycles. The van der Waals surface area contributed by atoms with E-state index in [1.165, 1.54) is 27.7 Å². The molecule has 4 heteroatoms. The quantitative estimate of drug-likeness (QED) is 0.355. The van der Waals surface area contributed by atoms with Crippen LogP contribution in [0.3, 0.4) is 0 Å². The van der Waals surface area contributed by atoms with E-state index in [0.717, 1.165) is 30.6 Å². The highest BCUT2D eigenvalue weighted by molar-refractivity contribution is 6.42. The van der Waals surface area contributed by atoms with Gasteiger partial charge in [0.2, 0.25) is 0 Å². The molecule has 0 spiro atoms. The Bertz CT molecular complexity index is 1130. The minimum Gasteiger partial charge on any atom is -0.339 e. The summed E-state index contributed by atoms with van der Waals surface area (Å²) in [7, 11) is 0. The maximum absolute atomic E-state index is 6.24. The maximum Gasteiger partial charge on any atom is 0.0707 e. The number of aromatic nitrogens is 2. The molecule has 0 saturated carbocycles. The monoisotopic (exact) mass is 408 g/mol. The van der Waals surface area contributed by atoms with Crippen molar-refractivity contribution < 1.29 is 0 Å². The second-order valence-electron chi connectivity index (χ2n) is 7.18. The molecule has 0 amide bonds. The molecule has 0 atom stereocenters. The number of nitrogens with zero attached hydrogens (tertiary/aromatic N) is 2. The fourth-order valence-electron chi connectivity index (χ4n) is 3.77. The van der Waals surface area contributed by atoms with Gasteiger partial charge in [0.1, 0.15) is 0 Å². The number of benzene rings is 2. The average molecular weight is 409 g/mol. The average Bonchev–Trinajstić information content (AvgIpc) is 2.95. The zero-order valence-electron chi connectivity index (χ0n) is 16.0. The lowest BCUT2D eigenvalue weighted by molar-refractivity contribution is 0.788. The van der Waals surface area contributed by atoms with Crippen LogP contribution in [0.2, 0.25) is 10.0 Å². The number of hydrogen-bond donors (Lipinski definition) is 0.